The molecule has 0 saturated carbocycles. The number of carbonyl (C=O) groups excluding carboxylic acids is 1. The van der Waals surface area contributed by atoms with E-state index in [9.17, 15) is 22.8 Å². The highest BCUT2D eigenvalue weighted by Gasteiger charge is 2.36. The van der Waals surface area contributed by atoms with Gasteiger partial charge < -0.3 is 14.0 Å². The normalized spacial score (nSPS) is 16.9. The van der Waals surface area contributed by atoms with Crippen LogP contribution in [0, 0.1) is 5.92 Å². The summed E-state index contributed by atoms with van der Waals surface area (Å²) in [5.74, 6) is -0.596. The van der Waals surface area contributed by atoms with E-state index in [1.54, 1.807) is 7.11 Å². The molecule has 9 heteroatoms. The van der Waals surface area contributed by atoms with E-state index in [0.29, 0.717) is 32.1 Å². The first kappa shape index (κ1) is 22.4. The Morgan fingerprint density at radius 2 is 1.93 bits per heavy atom. The van der Waals surface area contributed by atoms with E-state index in [1.165, 1.54) is 13.3 Å². The third-order valence-electron chi connectivity index (χ3n) is 4.93. The van der Waals surface area contributed by atoms with Crippen LogP contribution in [-0.2, 0) is 26.9 Å². The van der Waals surface area contributed by atoms with E-state index in [0.717, 1.165) is 4.57 Å². The zero-order chi connectivity index (χ0) is 21.1. The SMILES string of the molecule is COC(=O)C(CC(C)C)n1cc(CCN2CC(OC)C2)c(C(F)(F)F)cc1=O. The zero-order valence-corrected chi connectivity index (χ0v) is 16.6. The van der Waals surface area contributed by atoms with E-state index in [4.69, 9.17) is 9.47 Å². The van der Waals surface area contributed by atoms with E-state index in [1.807, 2.05) is 18.7 Å². The minimum absolute atomic E-state index is 0.00868. The molecule has 0 aromatic carbocycles. The van der Waals surface area contributed by atoms with Crippen LogP contribution in [0.4, 0.5) is 13.2 Å². The molecule has 0 radical (unpaired) electrons. The Labute approximate surface area is 162 Å². The van der Waals surface area contributed by atoms with Crippen molar-refractivity contribution in [3.63, 3.8) is 0 Å². The first-order valence-electron chi connectivity index (χ1n) is 9.22. The highest BCUT2D eigenvalue weighted by Crippen LogP contribution is 2.32. The van der Waals surface area contributed by atoms with E-state index < -0.39 is 29.3 Å². The molecule has 0 N–H and O–H groups in total. The van der Waals surface area contributed by atoms with Gasteiger partial charge in [-0.2, -0.15) is 13.2 Å². The second-order valence-electron chi connectivity index (χ2n) is 7.49. The number of hydrogen-bond donors (Lipinski definition) is 0. The number of rotatable bonds is 8. The molecule has 6 nitrogen and oxygen atoms in total. The molecule has 1 fully saturated rings. The Hall–Kier alpha value is -1.87. The molecule has 0 spiro atoms. The van der Waals surface area contributed by atoms with Gasteiger partial charge in [0, 0.05) is 39.0 Å². The van der Waals surface area contributed by atoms with Crippen LogP contribution in [0.25, 0.3) is 0 Å². The Balaban J connectivity index is 2.36. The predicted octanol–water partition coefficient (Wildman–Crippen LogP) is 2.50. The van der Waals surface area contributed by atoms with Gasteiger partial charge in [0.2, 0.25) is 0 Å². The van der Waals surface area contributed by atoms with E-state index in [2.05, 4.69) is 0 Å². The summed E-state index contributed by atoms with van der Waals surface area (Å²) in [6.45, 7) is 5.46. The molecule has 1 aliphatic heterocycles. The van der Waals surface area contributed by atoms with Gasteiger partial charge in [-0.05, 0) is 24.3 Å². The molecule has 0 amide bonds. The van der Waals surface area contributed by atoms with E-state index >= 15 is 0 Å². The van der Waals surface area contributed by atoms with Gasteiger partial charge in [0.25, 0.3) is 5.56 Å². The fraction of sp³-hybridized carbons (Fsp3) is 0.684. The topological polar surface area (TPSA) is 60.8 Å². The zero-order valence-electron chi connectivity index (χ0n) is 16.6. The second kappa shape index (κ2) is 9.09. The number of hydrogen-bond acceptors (Lipinski definition) is 5. The van der Waals surface area contributed by atoms with Crippen LogP contribution in [-0.4, -0.2) is 55.4 Å². The van der Waals surface area contributed by atoms with Gasteiger partial charge in [-0.3, -0.25) is 9.69 Å². The summed E-state index contributed by atoms with van der Waals surface area (Å²) in [6, 6.07) is -0.375. The molecule has 1 saturated heterocycles. The number of methoxy groups -OCH3 is 2. The molecule has 0 bridgehead atoms. The second-order valence-corrected chi connectivity index (χ2v) is 7.49. The minimum atomic E-state index is -4.64. The van der Waals surface area contributed by atoms with Crippen LogP contribution >= 0.6 is 0 Å². The molecule has 1 aromatic heterocycles. The third kappa shape index (κ3) is 5.35. The standard InChI is InChI=1S/C19H27F3N2O4/c1-12(2)7-16(18(26)28-4)24-9-13(5-6-23-10-14(11-23)27-3)15(8-17(24)25)19(20,21)22/h8-9,12,14,16H,5-7,10-11H2,1-4H3. The maximum atomic E-state index is 13.5. The molecule has 1 aromatic rings. The van der Waals surface area contributed by atoms with Crippen LogP contribution < -0.4 is 5.56 Å². The largest absolute Gasteiger partial charge is 0.467 e. The summed E-state index contributed by atoms with van der Waals surface area (Å²) in [5.41, 5.74) is -1.83. The van der Waals surface area contributed by atoms with Crippen LogP contribution in [0.15, 0.2) is 17.1 Å². The van der Waals surface area contributed by atoms with Crippen LogP contribution in [0.3, 0.4) is 0 Å². The molecule has 2 heterocycles. The first-order valence-corrected chi connectivity index (χ1v) is 9.22. The fourth-order valence-corrected chi connectivity index (χ4v) is 3.34. The fourth-order valence-electron chi connectivity index (χ4n) is 3.34. The lowest BCUT2D eigenvalue weighted by atomic mass is 10.0. The number of nitrogens with zero attached hydrogens (tertiary/aromatic N) is 2. The number of pyridine rings is 1. The first-order chi connectivity index (χ1) is 13.1. The van der Waals surface area contributed by atoms with Crippen molar-refractivity contribution in [2.45, 2.75) is 45.0 Å². The number of likely N-dealkylation sites (tertiary alicyclic amines) is 1. The van der Waals surface area contributed by atoms with Crippen molar-refractivity contribution in [3.05, 3.63) is 33.7 Å². The maximum absolute atomic E-state index is 13.5. The molecule has 1 unspecified atom stereocenters. The van der Waals surface area contributed by atoms with Gasteiger partial charge in [0.15, 0.2) is 0 Å². The molecule has 1 aliphatic rings. The summed E-state index contributed by atoms with van der Waals surface area (Å²) >= 11 is 0. The van der Waals surface area contributed by atoms with Crippen molar-refractivity contribution < 1.29 is 27.4 Å². The number of alkyl halides is 3. The van der Waals surface area contributed by atoms with E-state index in [-0.39, 0.29) is 24.0 Å². The number of aromatic nitrogens is 1. The van der Waals surface area contributed by atoms with Gasteiger partial charge in [-0.1, -0.05) is 13.8 Å². The van der Waals surface area contributed by atoms with Gasteiger partial charge in [-0.25, -0.2) is 4.79 Å². The maximum Gasteiger partial charge on any atom is 0.416 e. The van der Waals surface area contributed by atoms with Crippen molar-refractivity contribution in [1.29, 1.82) is 0 Å². The average molecular weight is 404 g/mol. The molecule has 28 heavy (non-hydrogen) atoms. The Morgan fingerprint density at radius 1 is 1.29 bits per heavy atom. The molecule has 158 valence electrons. The third-order valence-corrected chi connectivity index (χ3v) is 4.93. The van der Waals surface area contributed by atoms with Crippen molar-refractivity contribution in [1.82, 2.24) is 9.47 Å². The lowest BCUT2D eigenvalue weighted by Crippen LogP contribution is -2.52. The summed E-state index contributed by atoms with van der Waals surface area (Å²) < 4.78 is 51.4. The number of ether oxygens (including phenoxy) is 2. The Bertz CT molecular complexity index is 740. The molecular formula is C19H27F3N2O4. The summed E-state index contributed by atoms with van der Waals surface area (Å²) in [7, 11) is 2.79. The van der Waals surface area contributed by atoms with Gasteiger partial charge in [-0.15, -0.1) is 0 Å². The van der Waals surface area contributed by atoms with Crippen molar-refractivity contribution >= 4 is 5.97 Å². The molecule has 2 rings (SSSR count). The smallest absolute Gasteiger partial charge is 0.416 e. The van der Waals surface area contributed by atoms with Gasteiger partial charge >= 0.3 is 12.1 Å². The van der Waals surface area contributed by atoms with Crippen LogP contribution in [0.5, 0.6) is 0 Å². The number of esters is 1. The number of carbonyl (C=O) groups is 1. The van der Waals surface area contributed by atoms with Crippen LogP contribution in [0.1, 0.15) is 37.4 Å². The predicted molar refractivity (Wildman–Crippen MR) is 97.2 cm³/mol. The van der Waals surface area contributed by atoms with Crippen molar-refractivity contribution in [2.75, 3.05) is 33.9 Å². The summed E-state index contributed by atoms with van der Waals surface area (Å²) in [5, 5.41) is 0. The average Bonchev–Trinajstić information content (AvgIpc) is 2.57. The molecular weight excluding hydrogens is 377 g/mol. The number of halogens is 3. The highest BCUT2D eigenvalue weighted by molar-refractivity contribution is 5.74. The van der Waals surface area contributed by atoms with Gasteiger partial charge in [0.1, 0.15) is 6.04 Å². The molecule has 0 aliphatic carbocycles. The highest BCUT2D eigenvalue weighted by atomic mass is 19.4. The van der Waals surface area contributed by atoms with Crippen molar-refractivity contribution in [2.24, 2.45) is 5.92 Å². The lowest BCUT2D eigenvalue weighted by molar-refractivity contribution is -0.145. The quantitative estimate of drug-likeness (QED) is 0.623. The summed E-state index contributed by atoms with van der Waals surface area (Å²) in [4.78, 5) is 26.5. The lowest BCUT2D eigenvalue weighted by Gasteiger charge is -2.38. The molecule has 1 atom stereocenters. The minimum Gasteiger partial charge on any atom is -0.467 e. The monoisotopic (exact) mass is 404 g/mol. The van der Waals surface area contributed by atoms with Crippen molar-refractivity contribution in [3.8, 4) is 0 Å². The van der Waals surface area contributed by atoms with Crippen LogP contribution in [0.2, 0.25) is 0 Å². The Kier molecular flexibility index (Phi) is 7.28. The van der Waals surface area contributed by atoms with Gasteiger partial charge in [0.05, 0.1) is 18.8 Å². The Morgan fingerprint density at radius 3 is 2.43 bits per heavy atom. The summed E-state index contributed by atoms with van der Waals surface area (Å²) in [6.07, 6.45) is -2.97.